The Bertz CT molecular complexity index is 693. The SMILES string of the molecule is CC(C)(C)C1CCN(c2sc(C#N)c(N)c2S(C)(=O)=O)C1. The molecule has 1 unspecified atom stereocenters. The predicted molar refractivity (Wildman–Crippen MR) is 86.3 cm³/mol. The van der Waals surface area contributed by atoms with Crippen molar-refractivity contribution in [3.8, 4) is 6.07 Å². The van der Waals surface area contributed by atoms with E-state index in [1.807, 2.05) is 6.07 Å². The van der Waals surface area contributed by atoms with Gasteiger partial charge in [0.2, 0.25) is 0 Å². The summed E-state index contributed by atoms with van der Waals surface area (Å²) in [6.07, 6.45) is 2.17. The van der Waals surface area contributed by atoms with Crippen LogP contribution in [0.2, 0.25) is 0 Å². The van der Waals surface area contributed by atoms with Crippen LogP contribution in [0.4, 0.5) is 10.7 Å². The van der Waals surface area contributed by atoms with Crippen LogP contribution in [0.25, 0.3) is 0 Å². The Labute approximate surface area is 130 Å². The number of nitrogen functional groups attached to an aromatic ring is 1. The minimum absolute atomic E-state index is 0.0965. The molecule has 1 fully saturated rings. The van der Waals surface area contributed by atoms with Crippen LogP contribution in [0, 0.1) is 22.7 Å². The van der Waals surface area contributed by atoms with Gasteiger partial charge in [-0.3, -0.25) is 0 Å². The molecule has 1 atom stereocenters. The number of thiophene rings is 1. The first kappa shape index (κ1) is 16.1. The number of nitriles is 1. The molecular weight excluding hydrogens is 306 g/mol. The minimum atomic E-state index is -3.45. The first-order valence-corrected chi connectivity index (χ1v) is 9.54. The number of nitrogens with two attached hydrogens (primary N) is 1. The highest BCUT2D eigenvalue weighted by atomic mass is 32.2. The van der Waals surface area contributed by atoms with E-state index in [-0.39, 0.29) is 20.9 Å². The Balaban J connectivity index is 2.45. The first-order chi connectivity index (χ1) is 9.55. The number of rotatable bonds is 2. The monoisotopic (exact) mass is 327 g/mol. The van der Waals surface area contributed by atoms with E-state index in [1.54, 1.807) is 0 Å². The van der Waals surface area contributed by atoms with Gasteiger partial charge in [0.25, 0.3) is 0 Å². The summed E-state index contributed by atoms with van der Waals surface area (Å²) in [5.74, 6) is 0.499. The standard InChI is InChI=1S/C14H21N3O2S2/c1-14(2,3)9-5-6-17(8-9)13-12(21(4,18)19)11(16)10(7-15)20-13/h9H,5-6,8,16H2,1-4H3. The van der Waals surface area contributed by atoms with Crippen LogP contribution in [-0.2, 0) is 9.84 Å². The molecule has 0 radical (unpaired) electrons. The van der Waals surface area contributed by atoms with Crippen LogP contribution in [0.15, 0.2) is 4.90 Å². The third-order valence-electron chi connectivity index (χ3n) is 4.05. The summed E-state index contributed by atoms with van der Waals surface area (Å²) in [6, 6.07) is 2.00. The topological polar surface area (TPSA) is 87.2 Å². The zero-order chi connectivity index (χ0) is 16.0. The number of sulfone groups is 1. The van der Waals surface area contributed by atoms with Gasteiger partial charge in [-0.25, -0.2) is 8.42 Å². The maximum absolute atomic E-state index is 12.0. The summed E-state index contributed by atoms with van der Waals surface area (Å²) in [7, 11) is -3.45. The smallest absolute Gasteiger partial charge is 0.180 e. The van der Waals surface area contributed by atoms with Gasteiger partial charge in [0.1, 0.15) is 20.8 Å². The van der Waals surface area contributed by atoms with Gasteiger partial charge in [-0.05, 0) is 17.8 Å². The Kier molecular flexibility index (Phi) is 3.98. The van der Waals surface area contributed by atoms with Crippen molar-refractivity contribution in [1.29, 1.82) is 5.26 Å². The highest BCUT2D eigenvalue weighted by Gasteiger charge is 2.35. The molecule has 2 heterocycles. The molecule has 0 amide bonds. The number of nitrogens with zero attached hydrogens (tertiary/aromatic N) is 2. The van der Waals surface area contributed by atoms with Gasteiger partial charge in [-0.15, -0.1) is 11.3 Å². The van der Waals surface area contributed by atoms with E-state index in [1.165, 1.54) is 11.3 Å². The van der Waals surface area contributed by atoms with Gasteiger partial charge in [0, 0.05) is 19.3 Å². The molecule has 1 aromatic rings. The summed E-state index contributed by atoms with van der Waals surface area (Å²) in [5, 5.41) is 9.74. The van der Waals surface area contributed by atoms with E-state index >= 15 is 0 Å². The van der Waals surface area contributed by atoms with Gasteiger partial charge in [-0.2, -0.15) is 5.26 Å². The van der Waals surface area contributed by atoms with Crippen LogP contribution in [0.3, 0.4) is 0 Å². The van der Waals surface area contributed by atoms with E-state index < -0.39 is 9.84 Å². The molecule has 2 N–H and O–H groups in total. The molecule has 5 nitrogen and oxygen atoms in total. The van der Waals surface area contributed by atoms with E-state index in [4.69, 9.17) is 11.0 Å². The summed E-state index contributed by atoms with van der Waals surface area (Å²) in [5.41, 5.74) is 6.15. The highest BCUT2D eigenvalue weighted by molar-refractivity contribution is 7.91. The molecule has 0 saturated carbocycles. The fourth-order valence-corrected chi connectivity index (χ4v) is 5.26. The molecule has 0 aromatic carbocycles. The second kappa shape index (κ2) is 5.18. The molecule has 1 saturated heterocycles. The lowest BCUT2D eigenvalue weighted by atomic mass is 9.80. The molecule has 1 aromatic heterocycles. The van der Waals surface area contributed by atoms with E-state index in [0.29, 0.717) is 10.9 Å². The predicted octanol–water partition coefficient (Wildman–Crippen LogP) is 2.48. The Hall–Kier alpha value is -1.26. The maximum Gasteiger partial charge on any atom is 0.180 e. The molecular formula is C14H21N3O2S2. The average Bonchev–Trinajstić information content (AvgIpc) is 2.90. The van der Waals surface area contributed by atoms with Gasteiger partial charge in [0.05, 0.1) is 5.69 Å². The van der Waals surface area contributed by atoms with E-state index in [2.05, 4.69) is 25.7 Å². The molecule has 1 aliphatic rings. The van der Waals surface area contributed by atoms with Crippen molar-refractivity contribution in [3.05, 3.63) is 4.88 Å². The molecule has 2 rings (SSSR count). The van der Waals surface area contributed by atoms with Crippen LogP contribution < -0.4 is 10.6 Å². The number of hydrogen-bond acceptors (Lipinski definition) is 6. The number of hydrogen-bond donors (Lipinski definition) is 1. The van der Waals surface area contributed by atoms with Crippen LogP contribution in [0.5, 0.6) is 0 Å². The van der Waals surface area contributed by atoms with E-state index in [9.17, 15) is 8.42 Å². The van der Waals surface area contributed by atoms with Crippen LogP contribution >= 0.6 is 11.3 Å². The fourth-order valence-electron chi connectivity index (χ4n) is 2.72. The lowest BCUT2D eigenvalue weighted by Gasteiger charge is -2.27. The van der Waals surface area contributed by atoms with Crippen molar-refractivity contribution in [3.63, 3.8) is 0 Å². The first-order valence-electron chi connectivity index (χ1n) is 6.83. The molecule has 7 heteroatoms. The van der Waals surface area contributed by atoms with Gasteiger partial charge in [-0.1, -0.05) is 20.8 Å². The summed E-state index contributed by atoms with van der Waals surface area (Å²) in [6.45, 7) is 8.19. The zero-order valence-electron chi connectivity index (χ0n) is 12.8. The average molecular weight is 327 g/mol. The highest BCUT2D eigenvalue weighted by Crippen LogP contribution is 2.44. The van der Waals surface area contributed by atoms with Gasteiger partial charge >= 0.3 is 0 Å². The third-order valence-corrected chi connectivity index (χ3v) is 6.51. The largest absolute Gasteiger partial charge is 0.396 e. The fraction of sp³-hybridized carbons (Fsp3) is 0.643. The number of anilines is 2. The zero-order valence-corrected chi connectivity index (χ0v) is 14.4. The minimum Gasteiger partial charge on any atom is -0.396 e. The molecule has 1 aliphatic heterocycles. The van der Waals surface area contributed by atoms with Crippen LogP contribution in [-0.4, -0.2) is 27.8 Å². The molecule has 0 spiro atoms. The van der Waals surface area contributed by atoms with Crippen molar-refractivity contribution < 1.29 is 8.42 Å². The second-order valence-corrected chi connectivity index (χ2v) is 9.61. The maximum atomic E-state index is 12.0. The van der Waals surface area contributed by atoms with Gasteiger partial charge < -0.3 is 10.6 Å². The van der Waals surface area contributed by atoms with Crippen molar-refractivity contribution in [2.24, 2.45) is 11.3 Å². The summed E-state index contributed by atoms with van der Waals surface area (Å²) in [4.78, 5) is 2.47. The van der Waals surface area contributed by atoms with Crippen molar-refractivity contribution in [2.75, 3.05) is 30.0 Å². The lowest BCUT2D eigenvalue weighted by molar-refractivity contribution is 0.263. The summed E-state index contributed by atoms with van der Waals surface area (Å²) < 4.78 is 24.1. The lowest BCUT2D eigenvalue weighted by Crippen LogP contribution is -2.26. The molecule has 116 valence electrons. The van der Waals surface area contributed by atoms with Crippen LogP contribution in [0.1, 0.15) is 32.1 Å². The van der Waals surface area contributed by atoms with Crippen molar-refractivity contribution >= 4 is 31.9 Å². The van der Waals surface area contributed by atoms with Gasteiger partial charge in [0.15, 0.2) is 9.84 Å². The molecule has 0 aliphatic carbocycles. The van der Waals surface area contributed by atoms with Crippen molar-refractivity contribution in [1.82, 2.24) is 0 Å². The molecule has 0 bridgehead atoms. The quantitative estimate of drug-likeness (QED) is 0.901. The third kappa shape index (κ3) is 3.01. The molecule has 21 heavy (non-hydrogen) atoms. The Morgan fingerprint density at radius 2 is 2.05 bits per heavy atom. The van der Waals surface area contributed by atoms with E-state index in [0.717, 1.165) is 25.8 Å². The second-order valence-electron chi connectivity index (χ2n) is 6.66. The Morgan fingerprint density at radius 1 is 1.43 bits per heavy atom. The van der Waals surface area contributed by atoms with Crippen molar-refractivity contribution in [2.45, 2.75) is 32.1 Å². The Morgan fingerprint density at radius 3 is 2.48 bits per heavy atom. The normalized spacial score (nSPS) is 19.8. The summed E-state index contributed by atoms with van der Waals surface area (Å²) >= 11 is 1.18.